The summed E-state index contributed by atoms with van der Waals surface area (Å²) < 4.78 is 13.6. The van der Waals surface area contributed by atoms with Gasteiger partial charge in [-0.05, 0) is 20.3 Å². The van der Waals surface area contributed by atoms with Crippen LogP contribution in [0.4, 0.5) is 0 Å². The van der Waals surface area contributed by atoms with Crippen LogP contribution in [0.3, 0.4) is 0 Å². The van der Waals surface area contributed by atoms with Gasteiger partial charge in [-0.15, -0.1) is 0 Å². The van der Waals surface area contributed by atoms with Crippen molar-refractivity contribution >= 4 is 10.8 Å². The number of nitrogens with zero attached hydrogens (tertiary/aromatic N) is 2. The fourth-order valence-electron chi connectivity index (χ4n) is 1.31. The van der Waals surface area contributed by atoms with Crippen molar-refractivity contribution in [3.8, 4) is 0 Å². The smallest absolute Gasteiger partial charge is 0.0945 e. The highest BCUT2D eigenvalue weighted by atomic mass is 32.2. The predicted molar refractivity (Wildman–Crippen MR) is 63.0 cm³/mol. The Balaban J connectivity index is 2.18. The normalized spacial score (nSPS) is 14.1. The van der Waals surface area contributed by atoms with Crippen molar-refractivity contribution in [1.29, 1.82) is 0 Å². The second-order valence-electron chi connectivity index (χ2n) is 4.43. The standard InChI is InChI=1S/C10H19N3OS/c1-10(2,11)8-15(14)7-3-5-13-6-4-12-9-13/h4,6,9H,3,5,7-8,11H2,1-2H3. The summed E-state index contributed by atoms with van der Waals surface area (Å²) in [5, 5.41) is 0. The zero-order chi connectivity index (χ0) is 11.3. The molecule has 0 saturated heterocycles. The van der Waals surface area contributed by atoms with Crippen LogP contribution in [0.2, 0.25) is 0 Å². The minimum Gasteiger partial charge on any atom is -0.337 e. The van der Waals surface area contributed by atoms with Crippen molar-refractivity contribution in [2.24, 2.45) is 5.73 Å². The molecule has 1 rings (SSSR count). The fourth-order valence-corrected chi connectivity index (χ4v) is 2.74. The highest BCUT2D eigenvalue weighted by molar-refractivity contribution is 7.85. The molecule has 1 aromatic rings. The number of hydrogen-bond acceptors (Lipinski definition) is 3. The topological polar surface area (TPSA) is 60.9 Å². The van der Waals surface area contributed by atoms with Crippen molar-refractivity contribution in [1.82, 2.24) is 9.55 Å². The van der Waals surface area contributed by atoms with Crippen molar-refractivity contribution in [3.63, 3.8) is 0 Å². The average Bonchev–Trinajstić information content (AvgIpc) is 2.53. The van der Waals surface area contributed by atoms with Crippen LogP contribution < -0.4 is 5.73 Å². The van der Waals surface area contributed by atoms with Gasteiger partial charge in [0.15, 0.2) is 0 Å². The second-order valence-corrected chi connectivity index (χ2v) is 6.01. The third-order valence-corrected chi connectivity index (χ3v) is 3.69. The van der Waals surface area contributed by atoms with E-state index in [0.717, 1.165) is 13.0 Å². The SMILES string of the molecule is CC(C)(N)CS(=O)CCCn1ccnc1. The lowest BCUT2D eigenvalue weighted by molar-refractivity contribution is 0.575. The lowest BCUT2D eigenvalue weighted by atomic mass is 10.1. The Morgan fingerprint density at radius 3 is 2.80 bits per heavy atom. The maximum Gasteiger partial charge on any atom is 0.0945 e. The van der Waals surface area contributed by atoms with Crippen LogP contribution in [0.15, 0.2) is 18.7 Å². The van der Waals surface area contributed by atoms with Gasteiger partial charge in [0.1, 0.15) is 0 Å². The molecule has 0 aromatic carbocycles. The van der Waals surface area contributed by atoms with Crippen LogP contribution in [0.25, 0.3) is 0 Å². The van der Waals surface area contributed by atoms with Crippen LogP contribution >= 0.6 is 0 Å². The number of imidazole rings is 1. The predicted octanol–water partition coefficient (Wildman–Crippen LogP) is 0.759. The lowest BCUT2D eigenvalue weighted by Crippen LogP contribution is -2.38. The minimum absolute atomic E-state index is 0.333. The average molecular weight is 229 g/mol. The van der Waals surface area contributed by atoms with E-state index in [9.17, 15) is 4.21 Å². The molecule has 0 aliphatic carbocycles. The van der Waals surface area contributed by atoms with Gasteiger partial charge in [0.2, 0.25) is 0 Å². The zero-order valence-electron chi connectivity index (χ0n) is 9.35. The largest absolute Gasteiger partial charge is 0.337 e. The van der Waals surface area contributed by atoms with Gasteiger partial charge >= 0.3 is 0 Å². The Labute approximate surface area is 93.3 Å². The van der Waals surface area contributed by atoms with Crippen LogP contribution in [0.1, 0.15) is 20.3 Å². The number of hydrogen-bond donors (Lipinski definition) is 1. The van der Waals surface area contributed by atoms with E-state index in [1.165, 1.54) is 0 Å². The lowest BCUT2D eigenvalue weighted by Gasteiger charge is -2.17. The Morgan fingerprint density at radius 1 is 1.53 bits per heavy atom. The molecule has 1 atom stereocenters. The molecule has 0 aliphatic rings. The molecule has 5 heteroatoms. The molecule has 1 aromatic heterocycles. The first-order valence-corrected chi connectivity index (χ1v) is 6.56. The molecule has 1 unspecified atom stereocenters. The summed E-state index contributed by atoms with van der Waals surface area (Å²) in [7, 11) is -0.810. The summed E-state index contributed by atoms with van der Waals surface area (Å²) in [4.78, 5) is 3.95. The third-order valence-electron chi connectivity index (χ3n) is 1.88. The van der Waals surface area contributed by atoms with Crippen molar-refractivity contribution in [2.75, 3.05) is 11.5 Å². The molecule has 0 amide bonds. The van der Waals surface area contributed by atoms with Gasteiger partial charge in [-0.2, -0.15) is 0 Å². The van der Waals surface area contributed by atoms with Gasteiger partial charge in [0, 0.05) is 46.8 Å². The summed E-state index contributed by atoms with van der Waals surface area (Å²) in [6, 6.07) is 0. The van der Waals surface area contributed by atoms with E-state index in [2.05, 4.69) is 4.98 Å². The number of rotatable bonds is 6. The second kappa shape index (κ2) is 5.42. The number of aryl methyl sites for hydroxylation is 1. The molecular formula is C10H19N3OS. The van der Waals surface area contributed by atoms with Crippen molar-refractivity contribution < 1.29 is 4.21 Å². The Bertz CT molecular complexity index is 303. The minimum atomic E-state index is -0.810. The summed E-state index contributed by atoms with van der Waals surface area (Å²) in [6.45, 7) is 4.68. The first kappa shape index (κ1) is 12.4. The molecule has 1 heterocycles. The van der Waals surface area contributed by atoms with E-state index in [1.807, 2.05) is 24.6 Å². The van der Waals surface area contributed by atoms with Gasteiger partial charge in [-0.1, -0.05) is 0 Å². The molecular weight excluding hydrogens is 210 g/mol. The number of nitrogens with two attached hydrogens (primary N) is 1. The van der Waals surface area contributed by atoms with Gasteiger partial charge < -0.3 is 10.3 Å². The molecule has 15 heavy (non-hydrogen) atoms. The van der Waals surface area contributed by atoms with E-state index in [-0.39, 0.29) is 5.54 Å². The van der Waals surface area contributed by atoms with Crippen LogP contribution in [0, 0.1) is 0 Å². The van der Waals surface area contributed by atoms with Crippen LogP contribution in [0.5, 0.6) is 0 Å². The summed E-state index contributed by atoms with van der Waals surface area (Å²) in [5.74, 6) is 1.27. The van der Waals surface area contributed by atoms with E-state index >= 15 is 0 Å². The molecule has 4 nitrogen and oxygen atoms in total. The maximum absolute atomic E-state index is 11.6. The Morgan fingerprint density at radius 2 is 2.27 bits per heavy atom. The quantitative estimate of drug-likeness (QED) is 0.783. The van der Waals surface area contributed by atoms with Gasteiger partial charge in [0.05, 0.1) is 6.33 Å². The zero-order valence-corrected chi connectivity index (χ0v) is 10.2. The van der Waals surface area contributed by atoms with Gasteiger partial charge in [-0.25, -0.2) is 4.98 Å². The fraction of sp³-hybridized carbons (Fsp3) is 0.700. The van der Waals surface area contributed by atoms with Gasteiger partial charge in [-0.3, -0.25) is 4.21 Å². The number of aromatic nitrogens is 2. The molecule has 0 bridgehead atoms. The van der Waals surface area contributed by atoms with E-state index in [4.69, 9.17) is 5.73 Å². The molecule has 86 valence electrons. The first-order valence-electron chi connectivity index (χ1n) is 5.07. The van der Waals surface area contributed by atoms with Gasteiger partial charge in [0.25, 0.3) is 0 Å². The maximum atomic E-state index is 11.6. The summed E-state index contributed by atoms with van der Waals surface area (Å²) >= 11 is 0. The highest BCUT2D eigenvalue weighted by Crippen LogP contribution is 2.02. The molecule has 0 radical (unpaired) electrons. The van der Waals surface area contributed by atoms with Crippen molar-refractivity contribution in [3.05, 3.63) is 18.7 Å². The molecule has 0 fully saturated rings. The molecule has 0 aliphatic heterocycles. The monoisotopic (exact) mass is 229 g/mol. The molecule has 2 N–H and O–H groups in total. The molecule has 0 saturated carbocycles. The first-order chi connectivity index (χ1) is 6.97. The Hall–Kier alpha value is -0.680. The summed E-state index contributed by atoms with van der Waals surface area (Å²) in [6.07, 6.45) is 6.34. The van der Waals surface area contributed by atoms with Crippen LogP contribution in [-0.4, -0.2) is 30.8 Å². The van der Waals surface area contributed by atoms with E-state index in [1.54, 1.807) is 12.5 Å². The van der Waals surface area contributed by atoms with E-state index < -0.39 is 10.8 Å². The summed E-state index contributed by atoms with van der Waals surface area (Å²) in [5.41, 5.74) is 5.46. The Kier molecular flexibility index (Phi) is 4.47. The van der Waals surface area contributed by atoms with E-state index in [0.29, 0.717) is 11.5 Å². The highest BCUT2D eigenvalue weighted by Gasteiger charge is 2.14. The molecule has 0 spiro atoms. The third kappa shape index (κ3) is 5.69. The van der Waals surface area contributed by atoms with Crippen molar-refractivity contribution in [2.45, 2.75) is 32.4 Å². The van der Waals surface area contributed by atoms with Crippen LogP contribution in [-0.2, 0) is 17.3 Å².